The largest absolute Gasteiger partial charge is 0.375 e. The first kappa shape index (κ1) is 16.7. The van der Waals surface area contributed by atoms with E-state index in [9.17, 15) is 14.7 Å². The van der Waals surface area contributed by atoms with E-state index in [2.05, 4.69) is 13.8 Å². The van der Waals surface area contributed by atoms with Crippen molar-refractivity contribution in [3.8, 4) is 0 Å². The highest BCUT2D eigenvalue weighted by atomic mass is 16.3. The minimum atomic E-state index is -1.71. The zero-order valence-electron chi connectivity index (χ0n) is 14.1. The number of amides is 1. The van der Waals surface area contributed by atoms with Crippen LogP contribution in [0.25, 0.3) is 0 Å². The van der Waals surface area contributed by atoms with Crippen LogP contribution in [0.3, 0.4) is 0 Å². The number of ketones is 1. The third-order valence-electron chi connectivity index (χ3n) is 4.31. The van der Waals surface area contributed by atoms with Crippen LogP contribution in [0.4, 0.5) is 5.69 Å². The summed E-state index contributed by atoms with van der Waals surface area (Å²) >= 11 is 0. The maximum absolute atomic E-state index is 12.9. The molecule has 0 fully saturated rings. The molecule has 120 valence electrons. The van der Waals surface area contributed by atoms with E-state index < -0.39 is 5.60 Å². The van der Waals surface area contributed by atoms with Crippen molar-refractivity contribution >= 4 is 17.4 Å². The lowest BCUT2D eigenvalue weighted by molar-refractivity contribution is -0.141. The van der Waals surface area contributed by atoms with E-state index in [0.717, 1.165) is 23.2 Å². The van der Waals surface area contributed by atoms with Crippen molar-refractivity contribution in [1.82, 2.24) is 0 Å². The summed E-state index contributed by atoms with van der Waals surface area (Å²) in [5.41, 5.74) is 1.49. The van der Waals surface area contributed by atoms with Gasteiger partial charge in [0.15, 0.2) is 5.60 Å². The lowest BCUT2D eigenvalue weighted by atomic mass is 9.86. The Kier molecular flexibility index (Phi) is 4.43. The van der Waals surface area contributed by atoms with E-state index in [1.807, 2.05) is 26.0 Å². The first-order valence-corrected chi connectivity index (χ1v) is 7.83. The summed E-state index contributed by atoms with van der Waals surface area (Å²) in [5.74, 6) is -0.0907. The summed E-state index contributed by atoms with van der Waals surface area (Å²) in [7, 11) is 0. The first-order valence-electron chi connectivity index (χ1n) is 7.83. The Labute approximate surface area is 132 Å². The van der Waals surface area contributed by atoms with Crippen LogP contribution in [0.1, 0.15) is 50.3 Å². The van der Waals surface area contributed by atoms with Gasteiger partial charge < -0.3 is 10.0 Å². The van der Waals surface area contributed by atoms with Crippen LogP contribution in [0.5, 0.6) is 0 Å². The Hall–Kier alpha value is -1.68. The first-order chi connectivity index (χ1) is 10.2. The SMILES string of the molecule is CC(=O)CC1(O)C(=O)N(CCC(C)C)c2c(C)ccc(C)c21. The number of aliphatic hydroxyl groups is 1. The standard InChI is InChI=1S/C18H25NO3/c1-11(2)8-9-19-16-13(4)7-6-12(3)15(16)18(22,17(19)21)10-14(5)20/h6-7,11,22H,8-10H2,1-5H3. The van der Waals surface area contributed by atoms with Crippen molar-refractivity contribution in [1.29, 1.82) is 0 Å². The number of benzene rings is 1. The van der Waals surface area contributed by atoms with Gasteiger partial charge in [0.05, 0.1) is 5.69 Å². The van der Waals surface area contributed by atoms with E-state index in [1.165, 1.54) is 6.92 Å². The average molecular weight is 303 g/mol. The third kappa shape index (κ3) is 2.68. The van der Waals surface area contributed by atoms with E-state index >= 15 is 0 Å². The average Bonchev–Trinajstić information content (AvgIpc) is 2.61. The highest BCUT2D eigenvalue weighted by molar-refractivity contribution is 6.09. The van der Waals surface area contributed by atoms with Gasteiger partial charge in [0.1, 0.15) is 5.78 Å². The summed E-state index contributed by atoms with van der Waals surface area (Å²) in [6.07, 6.45) is 0.690. The molecule has 1 N–H and O–H groups in total. The second kappa shape index (κ2) is 5.84. The fraction of sp³-hybridized carbons (Fsp3) is 0.556. The number of carbonyl (C=O) groups excluding carboxylic acids is 2. The van der Waals surface area contributed by atoms with Gasteiger partial charge in [-0.3, -0.25) is 9.59 Å². The van der Waals surface area contributed by atoms with Crippen molar-refractivity contribution in [2.45, 2.75) is 53.1 Å². The molecule has 1 aromatic rings. The van der Waals surface area contributed by atoms with Crippen molar-refractivity contribution in [3.05, 3.63) is 28.8 Å². The summed E-state index contributed by atoms with van der Waals surface area (Å²) < 4.78 is 0. The number of hydrogen-bond acceptors (Lipinski definition) is 3. The predicted molar refractivity (Wildman–Crippen MR) is 86.9 cm³/mol. The molecule has 1 amide bonds. The molecule has 1 heterocycles. The predicted octanol–water partition coefficient (Wildman–Crippen LogP) is 2.86. The maximum Gasteiger partial charge on any atom is 0.264 e. The molecule has 1 atom stereocenters. The Morgan fingerprint density at radius 3 is 2.41 bits per heavy atom. The molecule has 0 saturated heterocycles. The number of fused-ring (bicyclic) bond motifs is 1. The zero-order chi connectivity index (χ0) is 16.7. The van der Waals surface area contributed by atoms with E-state index in [4.69, 9.17) is 0 Å². The minimum Gasteiger partial charge on any atom is -0.375 e. The van der Waals surface area contributed by atoms with E-state index in [-0.39, 0.29) is 18.1 Å². The maximum atomic E-state index is 12.9. The number of nitrogens with zero attached hydrogens (tertiary/aromatic N) is 1. The van der Waals surface area contributed by atoms with Crippen LogP contribution < -0.4 is 4.90 Å². The number of hydrogen-bond donors (Lipinski definition) is 1. The van der Waals surface area contributed by atoms with Gasteiger partial charge in [-0.15, -0.1) is 0 Å². The topological polar surface area (TPSA) is 57.6 Å². The van der Waals surface area contributed by atoms with E-state index in [0.29, 0.717) is 18.0 Å². The Morgan fingerprint density at radius 2 is 1.86 bits per heavy atom. The van der Waals surface area contributed by atoms with Crippen LogP contribution in [0, 0.1) is 19.8 Å². The van der Waals surface area contributed by atoms with Crippen LogP contribution in [-0.4, -0.2) is 23.3 Å². The molecule has 0 spiro atoms. The van der Waals surface area contributed by atoms with Gasteiger partial charge in [-0.05, 0) is 44.2 Å². The lowest BCUT2D eigenvalue weighted by Crippen LogP contribution is -2.42. The van der Waals surface area contributed by atoms with Crippen molar-refractivity contribution in [2.24, 2.45) is 5.92 Å². The van der Waals surface area contributed by atoms with Crippen LogP contribution >= 0.6 is 0 Å². The number of Topliss-reactive ketones (excluding diaryl/α,β-unsaturated/α-hetero) is 1. The highest BCUT2D eigenvalue weighted by Crippen LogP contribution is 2.46. The summed E-state index contributed by atoms with van der Waals surface area (Å²) in [4.78, 5) is 26.1. The van der Waals surface area contributed by atoms with Crippen LogP contribution in [-0.2, 0) is 15.2 Å². The Bertz CT molecular complexity index is 621. The summed E-state index contributed by atoms with van der Waals surface area (Å²) in [6, 6.07) is 3.86. The smallest absolute Gasteiger partial charge is 0.264 e. The molecule has 2 rings (SSSR count). The normalized spacial score (nSPS) is 20.7. The fourth-order valence-corrected chi connectivity index (χ4v) is 3.22. The second-order valence-corrected chi connectivity index (χ2v) is 6.80. The molecule has 4 heteroatoms. The molecule has 4 nitrogen and oxygen atoms in total. The molecule has 0 radical (unpaired) electrons. The van der Waals surface area contributed by atoms with Gasteiger partial charge in [0, 0.05) is 18.5 Å². The molecular weight excluding hydrogens is 278 g/mol. The molecule has 0 aliphatic carbocycles. The van der Waals surface area contributed by atoms with Gasteiger partial charge >= 0.3 is 0 Å². The summed E-state index contributed by atoms with van der Waals surface area (Å²) in [6.45, 7) is 10.00. The quantitative estimate of drug-likeness (QED) is 0.910. The molecule has 22 heavy (non-hydrogen) atoms. The zero-order valence-corrected chi connectivity index (χ0v) is 14.1. The number of aryl methyl sites for hydroxylation is 2. The van der Waals surface area contributed by atoms with Crippen LogP contribution in [0.2, 0.25) is 0 Å². The van der Waals surface area contributed by atoms with Gasteiger partial charge in [-0.1, -0.05) is 26.0 Å². The van der Waals surface area contributed by atoms with Crippen molar-refractivity contribution in [2.75, 3.05) is 11.4 Å². The van der Waals surface area contributed by atoms with Gasteiger partial charge in [-0.2, -0.15) is 0 Å². The van der Waals surface area contributed by atoms with Gasteiger partial charge in [-0.25, -0.2) is 0 Å². The van der Waals surface area contributed by atoms with Crippen molar-refractivity contribution < 1.29 is 14.7 Å². The number of anilines is 1. The second-order valence-electron chi connectivity index (χ2n) is 6.80. The molecule has 1 aliphatic rings. The molecule has 0 saturated carbocycles. The minimum absolute atomic E-state index is 0.165. The monoisotopic (exact) mass is 303 g/mol. The van der Waals surface area contributed by atoms with Crippen molar-refractivity contribution in [3.63, 3.8) is 0 Å². The lowest BCUT2D eigenvalue weighted by Gasteiger charge is -2.23. The number of rotatable bonds is 5. The molecular formula is C18H25NO3. The Balaban J connectivity index is 2.57. The third-order valence-corrected chi connectivity index (χ3v) is 4.31. The highest BCUT2D eigenvalue weighted by Gasteiger charge is 2.51. The fourth-order valence-electron chi connectivity index (χ4n) is 3.22. The van der Waals surface area contributed by atoms with Crippen LogP contribution in [0.15, 0.2) is 12.1 Å². The van der Waals surface area contributed by atoms with Gasteiger partial charge in [0.2, 0.25) is 0 Å². The molecule has 1 aromatic carbocycles. The molecule has 0 aromatic heterocycles. The van der Waals surface area contributed by atoms with Gasteiger partial charge in [0.25, 0.3) is 5.91 Å². The number of carbonyl (C=O) groups is 2. The van der Waals surface area contributed by atoms with E-state index in [1.54, 1.807) is 4.90 Å². The summed E-state index contributed by atoms with van der Waals surface area (Å²) in [5, 5.41) is 11.0. The Morgan fingerprint density at radius 1 is 1.27 bits per heavy atom. The molecule has 1 unspecified atom stereocenters. The molecule has 0 bridgehead atoms. The molecule has 1 aliphatic heterocycles.